The van der Waals surface area contributed by atoms with Gasteiger partial charge in [-0.2, -0.15) is 0 Å². The summed E-state index contributed by atoms with van der Waals surface area (Å²) in [5.41, 5.74) is -0.676. The van der Waals surface area contributed by atoms with Crippen LogP contribution in [0, 0.1) is 5.41 Å². The van der Waals surface area contributed by atoms with E-state index in [1.807, 2.05) is 0 Å². The first kappa shape index (κ1) is 9.36. The fourth-order valence-electron chi connectivity index (χ4n) is 1.91. The number of hydrogen-bond acceptors (Lipinski definition) is 5. The Balaban J connectivity index is 2.13. The van der Waals surface area contributed by atoms with E-state index in [1.54, 1.807) is 0 Å². The van der Waals surface area contributed by atoms with E-state index in [0.29, 0.717) is 12.8 Å². The molecule has 1 heterocycles. The number of rotatable bonds is 1. The fraction of sp³-hybridized carbons (Fsp3) is 1.00. The molecule has 1 aliphatic heterocycles. The van der Waals surface area contributed by atoms with Gasteiger partial charge in [-0.25, -0.2) is 0 Å². The van der Waals surface area contributed by atoms with Crippen molar-refractivity contribution in [3.63, 3.8) is 0 Å². The van der Waals surface area contributed by atoms with E-state index < -0.39 is 36.6 Å². The van der Waals surface area contributed by atoms with Crippen molar-refractivity contribution in [1.82, 2.24) is 0 Å². The molecule has 5 nitrogen and oxygen atoms in total. The summed E-state index contributed by atoms with van der Waals surface area (Å²) in [6.07, 6.45) is -2.72. The van der Waals surface area contributed by atoms with Crippen molar-refractivity contribution >= 4 is 0 Å². The first-order valence-electron chi connectivity index (χ1n) is 4.42. The Bertz CT molecular complexity index is 203. The summed E-state index contributed by atoms with van der Waals surface area (Å²) in [4.78, 5) is 0. The Labute approximate surface area is 75.6 Å². The monoisotopic (exact) mass is 190 g/mol. The molecule has 2 rings (SSSR count). The molecule has 76 valence electrons. The summed E-state index contributed by atoms with van der Waals surface area (Å²) in [5, 5.41) is 37.4. The lowest BCUT2D eigenvalue weighted by molar-refractivity contribution is -0.279. The molecule has 0 aromatic rings. The maximum atomic E-state index is 9.64. The van der Waals surface area contributed by atoms with Crippen LogP contribution in [0.1, 0.15) is 12.8 Å². The van der Waals surface area contributed by atoms with Crippen LogP contribution in [0.25, 0.3) is 0 Å². The number of hydrogen-bond donors (Lipinski definition) is 4. The van der Waals surface area contributed by atoms with Gasteiger partial charge in [0, 0.05) is 5.41 Å². The minimum atomic E-state index is -1.10. The van der Waals surface area contributed by atoms with E-state index in [9.17, 15) is 15.3 Å². The Hall–Kier alpha value is -0.200. The van der Waals surface area contributed by atoms with Crippen LogP contribution in [0.2, 0.25) is 0 Å². The summed E-state index contributed by atoms with van der Waals surface area (Å²) in [6.45, 7) is -0.397. The number of ether oxygens (including phenoxy) is 1. The van der Waals surface area contributed by atoms with Crippen LogP contribution < -0.4 is 0 Å². The third-order valence-corrected chi connectivity index (χ3v) is 3.10. The molecule has 0 amide bonds. The van der Waals surface area contributed by atoms with Gasteiger partial charge in [-0.05, 0) is 12.8 Å². The smallest absolute Gasteiger partial charge is 0.163 e. The van der Waals surface area contributed by atoms with Crippen LogP contribution in [0.5, 0.6) is 0 Å². The highest BCUT2D eigenvalue weighted by molar-refractivity contribution is 5.07. The molecule has 1 aliphatic carbocycles. The van der Waals surface area contributed by atoms with E-state index in [4.69, 9.17) is 9.84 Å². The van der Waals surface area contributed by atoms with Crippen molar-refractivity contribution in [3.05, 3.63) is 0 Å². The zero-order valence-corrected chi connectivity index (χ0v) is 7.13. The van der Waals surface area contributed by atoms with Crippen LogP contribution in [-0.4, -0.2) is 51.6 Å². The number of aliphatic hydroxyl groups excluding tert-OH is 4. The molecule has 1 saturated heterocycles. The standard InChI is InChI=1S/C8H14O5/c9-3-4-5(10)6(11)8(1-2-8)7(12)13-4/h4-7,9-12H,1-3H2. The molecule has 4 N–H and O–H groups in total. The van der Waals surface area contributed by atoms with E-state index in [0.717, 1.165) is 0 Å². The Morgan fingerprint density at radius 3 is 2.31 bits per heavy atom. The van der Waals surface area contributed by atoms with Gasteiger partial charge in [0.15, 0.2) is 6.29 Å². The second kappa shape index (κ2) is 2.90. The second-order valence-corrected chi connectivity index (χ2v) is 3.88. The van der Waals surface area contributed by atoms with Gasteiger partial charge in [0.05, 0.1) is 12.7 Å². The van der Waals surface area contributed by atoms with Crippen molar-refractivity contribution in [2.45, 2.75) is 37.4 Å². The van der Waals surface area contributed by atoms with Crippen LogP contribution in [-0.2, 0) is 4.74 Å². The average molecular weight is 190 g/mol. The molecular formula is C8H14O5. The molecule has 2 fully saturated rings. The highest BCUT2D eigenvalue weighted by Gasteiger charge is 2.62. The van der Waals surface area contributed by atoms with Gasteiger partial charge in [0.1, 0.15) is 12.2 Å². The first-order valence-corrected chi connectivity index (χ1v) is 4.42. The molecule has 0 aromatic carbocycles. The zero-order valence-electron chi connectivity index (χ0n) is 7.13. The highest BCUT2D eigenvalue weighted by Crippen LogP contribution is 2.55. The maximum absolute atomic E-state index is 9.64. The molecule has 4 unspecified atom stereocenters. The molecule has 13 heavy (non-hydrogen) atoms. The molecular weight excluding hydrogens is 176 g/mol. The minimum Gasteiger partial charge on any atom is -0.394 e. The van der Waals surface area contributed by atoms with Crippen LogP contribution in [0.4, 0.5) is 0 Å². The second-order valence-electron chi connectivity index (χ2n) is 3.88. The Morgan fingerprint density at radius 1 is 1.23 bits per heavy atom. The lowest BCUT2D eigenvalue weighted by Gasteiger charge is -2.40. The third-order valence-electron chi connectivity index (χ3n) is 3.10. The van der Waals surface area contributed by atoms with Gasteiger partial charge in [0.25, 0.3) is 0 Å². The van der Waals surface area contributed by atoms with Gasteiger partial charge in [-0.15, -0.1) is 0 Å². The fourth-order valence-corrected chi connectivity index (χ4v) is 1.91. The van der Waals surface area contributed by atoms with Gasteiger partial charge in [0.2, 0.25) is 0 Å². The van der Waals surface area contributed by atoms with Gasteiger partial charge >= 0.3 is 0 Å². The molecule has 0 radical (unpaired) electrons. The Morgan fingerprint density at radius 2 is 1.85 bits per heavy atom. The van der Waals surface area contributed by atoms with Gasteiger partial charge in [-0.3, -0.25) is 0 Å². The average Bonchev–Trinajstić information content (AvgIpc) is 2.90. The summed E-state index contributed by atoms with van der Waals surface area (Å²) in [7, 11) is 0. The highest BCUT2D eigenvalue weighted by atomic mass is 16.6. The molecule has 5 heteroatoms. The summed E-state index contributed by atoms with van der Waals surface area (Å²) in [5.74, 6) is 0. The van der Waals surface area contributed by atoms with Crippen molar-refractivity contribution in [1.29, 1.82) is 0 Å². The largest absolute Gasteiger partial charge is 0.394 e. The normalized spacial score (nSPS) is 48.0. The third kappa shape index (κ3) is 1.19. The first-order chi connectivity index (χ1) is 6.12. The van der Waals surface area contributed by atoms with Crippen LogP contribution >= 0.6 is 0 Å². The summed E-state index contributed by atoms with van der Waals surface area (Å²) in [6, 6.07) is 0. The predicted octanol–water partition coefficient (Wildman–Crippen LogP) is -1.80. The van der Waals surface area contributed by atoms with E-state index in [1.165, 1.54) is 0 Å². The lowest BCUT2D eigenvalue weighted by atomic mass is 9.88. The lowest BCUT2D eigenvalue weighted by Crippen LogP contribution is -2.56. The molecule has 0 bridgehead atoms. The maximum Gasteiger partial charge on any atom is 0.163 e. The van der Waals surface area contributed by atoms with E-state index in [-0.39, 0.29) is 0 Å². The SMILES string of the molecule is OCC1OC(O)C2(CC2)C(O)C1O. The topological polar surface area (TPSA) is 90.2 Å². The van der Waals surface area contributed by atoms with Crippen LogP contribution in [0.15, 0.2) is 0 Å². The number of aliphatic hydroxyl groups is 4. The van der Waals surface area contributed by atoms with Crippen molar-refractivity contribution in [2.24, 2.45) is 5.41 Å². The quantitative estimate of drug-likeness (QED) is 0.391. The Kier molecular flexibility index (Phi) is 2.08. The van der Waals surface area contributed by atoms with Gasteiger partial charge < -0.3 is 25.2 Å². The molecule has 1 spiro atoms. The summed E-state index contributed by atoms with van der Waals surface area (Å²) >= 11 is 0. The van der Waals surface area contributed by atoms with Crippen molar-refractivity contribution in [2.75, 3.05) is 6.61 Å². The van der Waals surface area contributed by atoms with Crippen LogP contribution in [0.3, 0.4) is 0 Å². The minimum absolute atomic E-state index is 0.397. The van der Waals surface area contributed by atoms with Crippen molar-refractivity contribution < 1.29 is 25.2 Å². The van der Waals surface area contributed by atoms with E-state index in [2.05, 4.69) is 0 Å². The predicted molar refractivity (Wildman–Crippen MR) is 41.6 cm³/mol. The van der Waals surface area contributed by atoms with E-state index >= 15 is 0 Å². The zero-order chi connectivity index (χ0) is 9.64. The van der Waals surface area contributed by atoms with Gasteiger partial charge in [-0.1, -0.05) is 0 Å². The molecule has 4 atom stereocenters. The molecule has 2 aliphatic rings. The molecule has 1 saturated carbocycles. The van der Waals surface area contributed by atoms with Crippen molar-refractivity contribution in [3.8, 4) is 0 Å². The summed E-state index contributed by atoms with van der Waals surface area (Å²) < 4.78 is 4.99. The molecule has 0 aromatic heterocycles.